The molecule has 2 aromatic carbocycles. The zero-order valence-corrected chi connectivity index (χ0v) is 12.6. The summed E-state index contributed by atoms with van der Waals surface area (Å²) in [5, 5.41) is 10.6. The van der Waals surface area contributed by atoms with Crippen molar-refractivity contribution in [2.75, 3.05) is 11.9 Å². The van der Waals surface area contributed by atoms with Gasteiger partial charge >= 0.3 is 0 Å². The van der Waals surface area contributed by atoms with Gasteiger partial charge in [0.2, 0.25) is 0 Å². The van der Waals surface area contributed by atoms with Crippen LogP contribution in [-0.4, -0.2) is 27.5 Å². The number of amides is 1. The van der Waals surface area contributed by atoms with Crippen LogP contribution in [0.2, 0.25) is 0 Å². The van der Waals surface area contributed by atoms with E-state index in [9.17, 15) is 4.79 Å². The van der Waals surface area contributed by atoms with Crippen molar-refractivity contribution in [3.8, 4) is 11.6 Å². The van der Waals surface area contributed by atoms with Crippen LogP contribution in [0.3, 0.4) is 0 Å². The molecule has 1 aromatic heterocycles. The fourth-order valence-electron chi connectivity index (χ4n) is 2.00. The Kier molecular flexibility index (Phi) is 4.33. The second-order valence-corrected chi connectivity index (χ2v) is 5.04. The summed E-state index contributed by atoms with van der Waals surface area (Å²) in [6.45, 7) is 1.87. The smallest absolute Gasteiger partial charge is 0.262 e. The summed E-state index contributed by atoms with van der Waals surface area (Å²) in [7, 11) is 0. The number of nitrogens with zero attached hydrogens (tertiary/aromatic N) is 3. The molecule has 0 atom stereocenters. The first-order valence-corrected chi connectivity index (χ1v) is 7.18. The van der Waals surface area contributed by atoms with Gasteiger partial charge < -0.3 is 10.1 Å². The first-order valence-electron chi connectivity index (χ1n) is 7.18. The van der Waals surface area contributed by atoms with Crippen molar-refractivity contribution in [3.63, 3.8) is 0 Å². The highest BCUT2D eigenvalue weighted by Gasteiger charge is 2.07. The third kappa shape index (κ3) is 3.94. The van der Waals surface area contributed by atoms with E-state index in [1.165, 1.54) is 0 Å². The first-order chi connectivity index (χ1) is 11.2. The Bertz CT molecular complexity index is 782. The largest absolute Gasteiger partial charge is 0.465 e. The predicted octanol–water partition coefficient (Wildman–Crippen LogP) is 2.59. The van der Waals surface area contributed by atoms with Crippen molar-refractivity contribution in [1.82, 2.24) is 15.0 Å². The van der Waals surface area contributed by atoms with E-state index in [0.29, 0.717) is 5.88 Å². The number of anilines is 1. The number of carbonyl (C=O) groups is 1. The molecule has 1 heterocycles. The monoisotopic (exact) mass is 308 g/mol. The molecule has 1 amide bonds. The van der Waals surface area contributed by atoms with Crippen LogP contribution in [0.5, 0.6) is 5.88 Å². The molecule has 0 spiro atoms. The summed E-state index contributed by atoms with van der Waals surface area (Å²) in [5.74, 6) is 0.0519. The maximum atomic E-state index is 11.9. The van der Waals surface area contributed by atoms with Gasteiger partial charge in [-0.15, -0.1) is 0 Å². The van der Waals surface area contributed by atoms with Crippen LogP contribution in [0.4, 0.5) is 5.69 Å². The van der Waals surface area contributed by atoms with E-state index in [-0.39, 0.29) is 12.5 Å². The lowest BCUT2D eigenvalue weighted by Gasteiger charge is -2.05. The van der Waals surface area contributed by atoms with Crippen molar-refractivity contribution in [2.24, 2.45) is 0 Å². The van der Waals surface area contributed by atoms with E-state index < -0.39 is 0 Å². The predicted molar refractivity (Wildman–Crippen MR) is 86.7 cm³/mol. The summed E-state index contributed by atoms with van der Waals surface area (Å²) in [5.41, 5.74) is 2.74. The quantitative estimate of drug-likeness (QED) is 0.786. The average Bonchev–Trinajstić information content (AvgIpc) is 3.05. The minimum Gasteiger partial charge on any atom is -0.465 e. The van der Waals surface area contributed by atoms with Gasteiger partial charge in [0.1, 0.15) is 0 Å². The van der Waals surface area contributed by atoms with E-state index in [0.717, 1.165) is 16.9 Å². The zero-order chi connectivity index (χ0) is 16.1. The molecule has 1 N–H and O–H groups in total. The van der Waals surface area contributed by atoms with Crippen molar-refractivity contribution in [3.05, 3.63) is 66.4 Å². The normalized spacial score (nSPS) is 10.3. The average molecular weight is 308 g/mol. The Morgan fingerprint density at radius 3 is 2.61 bits per heavy atom. The van der Waals surface area contributed by atoms with E-state index in [1.54, 1.807) is 10.9 Å². The number of aromatic nitrogens is 3. The lowest BCUT2D eigenvalue weighted by molar-refractivity contribution is -0.118. The molecule has 0 aliphatic rings. The van der Waals surface area contributed by atoms with Crippen molar-refractivity contribution in [2.45, 2.75) is 6.92 Å². The van der Waals surface area contributed by atoms with E-state index >= 15 is 0 Å². The molecular formula is C17H16N4O2. The third-order valence-corrected chi connectivity index (χ3v) is 3.18. The van der Waals surface area contributed by atoms with Crippen LogP contribution < -0.4 is 10.1 Å². The van der Waals surface area contributed by atoms with Crippen LogP contribution in [0.15, 0.2) is 60.8 Å². The SMILES string of the molecule is Cc1ccc(NC(=O)COc2cn(-c3ccccc3)nn2)cc1. The van der Waals surface area contributed by atoms with Gasteiger partial charge in [0.15, 0.2) is 6.61 Å². The standard InChI is InChI=1S/C17H16N4O2/c1-13-7-9-14(10-8-13)18-16(22)12-23-17-11-21(20-19-17)15-5-3-2-4-6-15/h2-11H,12H2,1H3,(H,18,22). The molecule has 116 valence electrons. The molecule has 6 heteroatoms. The Balaban J connectivity index is 1.55. The Labute approximate surface area is 133 Å². The van der Waals surface area contributed by atoms with Gasteiger partial charge in [-0.1, -0.05) is 46.2 Å². The fourth-order valence-corrected chi connectivity index (χ4v) is 2.00. The molecule has 0 bridgehead atoms. The number of aryl methyl sites for hydroxylation is 1. The third-order valence-electron chi connectivity index (χ3n) is 3.18. The molecule has 0 unspecified atom stereocenters. The lowest BCUT2D eigenvalue weighted by Crippen LogP contribution is -2.20. The van der Waals surface area contributed by atoms with Crippen LogP contribution in [0.1, 0.15) is 5.56 Å². The van der Waals surface area contributed by atoms with Crippen LogP contribution in [0.25, 0.3) is 5.69 Å². The highest BCUT2D eigenvalue weighted by atomic mass is 16.5. The summed E-state index contributed by atoms with van der Waals surface area (Å²) >= 11 is 0. The lowest BCUT2D eigenvalue weighted by atomic mass is 10.2. The minimum absolute atomic E-state index is 0.124. The topological polar surface area (TPSA) is 69.0 Å². The molecule has 23 heavy (non-hydrogen) atoms. The second-order valence-electron chi connectivity index (χ2n) is 5.04. The molecule has 0 fully saturated rings. The Morgan fingerprint density at radius 1 is 1.13 bits per heavy atom. The van der Waals surface area contributed by atoms with Gasteiger partial charge in [0.05, 0.1) is 11.9 Å². The van der Waals surface area contributed by atoms with Crippen LogP contribution >= 0.6 is 0 Å². The molecule has 3 rings (SSSR count). The van der Waals surface area contributed by atoms with Gasteiger partial charge in [-0.2, -0.15) is 0 Å². The number of para-hydroxylation sites is 1. The van der Waals surface area contributed by atoms with Gasteiger partial charge in [0.25, 0.3) is 11.8 Å². The van der Waals surface area contributed by atoms with E-state index in [1.807, 2.05) is 61.5 Å². The summed E-state index contributed by atoms with van der Waals surface area (Å²) in [4.78, 5) is 11.9. The molecule has 0 aliphatic heterocycles. The highest BCUT2D eigenvalue weighted by Crippen LogP contribution is 2.11. The van der Waals surface area contributed by atoms with Gasteiger partial charge in [-0.25, -0.2) is 4.68 Å². The summed E-state index contributed by atoms with van der Waals surface area (Å²) in [6, 6.07) is 17.1. The van der Waals surface area contributed by atoms with Crippen LogP contribution in [-0.2, 0) is 4.79 Å². The van der Waals surface area contributed by atoms with Gasteiger partial charge in [-0.3, -0.25) is 4.79 Å². The van der Waals surface area contributed by atoms with Crippen LogP contribution in [0, 0.1) is 6.92 Å². The van der Waals surface area contributed by atoms with Gasteiger partial charge in [0, 0.05) is 5.69 Å². The molecule has 0 radical (unpaired) electrons. The number of rotatable bonds is 5. The number of ether oxygens (including phenoxy) is 1. The fraction of sp³-hybridized carbons (Fsp3) is 0.118. The second kappa shape index (κ2) is 6.74. The number of hydrogen-bond acceptors (Lipinski definition) is 4. The first kappa shape index (κ1) is 14.8. The molecule has 6 nitrogen and oxygen atoms in total. The summed E-state index contributed by atoms with van der Waals surface area (Å²) in [6.07, 6.45) is 1.63. The Hall–Kier alpha value is -3.15. The number of benzene rings is 2. The number of nitrogens with one attached hydrogen (secondary N) is 1. The summed E-state index contributed by atoms with van der Waals surface area (Å²) < 4.78 is 6.95. The molecule has 0 aliphatic carbocycles. The molecule has 0 saturated carbocycles. The van der Waals surface area contributed by atoms with Crippen molar-refractivity contribution >= 4 is 11.6 Å². The van der Waals surface area contributed by atoms with E-state index in [2.05, 4.69) is 15.6 Å². The molecular weight excluding hydrogens is 292 g/mol. The van der Waals surface area contributed by atoms with Crippen molar-refractivity contribution < 1.29 is 9.53 Å². The van der Waals surface area contributed by atoms with E-state index in [4.69, 9.17) is 4.74 Å². The molecule has 3 aromatic rings. The maximum Gasteiger partial charge on any atom is 0.262 e. The highest BCUT2D eigenvalue weighted by molar-refractivity contribution is 5.91. The molecule has 0 saturated heterocycles. The maximum absolute atomic E-state index is 11.9. The van der Waals surface area contributed by atoms with Gasteiger partial charge in [-0.05, 0) is 31.2 Å². The van der Waals surface area contributed by atoms with Crippen molar-refractivity contribution in [1.29, 1.82) is 0 Å². The Morgan fingerprint density at radius 2 is 1.87 bits per heavy atom. The number of hydrogen-bond donors (Lipinski definition) is 1. The minimum atomic E-state index is -0.247. The zero-order valence-electron chi connectivity index (χ0n) is 12.6. The number of carbonyl (C=O) groups excluding carboxylic acids is 1.